The van der Waals surface area contributed by atoms with Crippen LogP contribution in [0.3, 0.4) is 0 Å². The fourth-order valence-electron chi connectivity index (χ4n) is 1.42. The summed E-state index contributed by atoms with van der Waals surface area (Å²) in [5.74, 6) is 3.01. The Morgan fingerprint density at radius 1 is 1.69 bits per heavy atom. The smallest absolute Gasteiger partial charge is 0.280 e. The first-order chi connectivity index (χ1) is 6.34. The topological polar surface area (TPSA) is 58.0 Å². The van der Waals surface area contributed by atoms with E-state index in [9.17, 15) is 4.79 Å². The summed E-state index contributed by atoms with van der Waals surface area (Å²) >= 11 is 1.94. The van der Waals surface area contributed by atoms with Crippen LogP contribution in [0.15, 0.2) is 15.4 Å². The van der Waals surface area contributed by atoms with Crippen molar-refractivity contribution in [3.8, 4) is 0 Å². The fourth-order valence-corrected chi connectivity index (χ4v) is 2.36. The summed E-state index contributed by atoms with van der Waals surface area (Å²) in [6, 6.07) is 1.96. The van der Waals surface area contributed by atoms with Gasteiger partial charge < -0.3 is 9.84 Å². The van der Waals surface area contributed by atoms with Crippen molar-refractivity contribution in [3.05, 3.63) is 22.2 Å². The highest BCUT2D eigenvalue weighted by Crippen LogP contribution is 2.11. The number of nitrogens with one attached hydrogen (secondary N) is 2. The Labute approximate surface area is 80.1 Å². The van der Waals surface area contributed by atoms with Gasteiger partial charge >= 0.3 is 0 Å². The first-order valence-electron chi connectivity index (χ1n) is 4.33. The molecule has 0 amide bonds. The van der Waals surface area contributed by atoms with Gasteiger partial charge in [0.25, 0.3) is 5.56 Å². The van der Waals surface area contributed by atoms with E-state index in [1.165, 1.54) is 11.8 Å². The van der Waals surface area contributed by atoms with Crippen LogP contribution in [0.1, 0.15) is 5.76 Å². The molecule has 1 aromatic heterocycles. The largest absolute Gasteiger partial charge is 0.383 e. The summed E-state index contributed by atoms with van der Waals surface area (Å²) in [6.45, 7) is 1.05. The second-order valence-electron chi connectivity index (χ2n) is 3.11. The van der Waals surface area contributed by atoms with E-state index in [0.29, 0.717) is 6.04 Å². The SMILES string of the molecule is O=c1cc(CC2CSCCN2)o[nH]1. The van der Waals surface area contributed by atoms with Gasteiger partial charge in [-0.2, -0.15) is 16.9 Å². The van der Waals surface area contributed by atoms with Crippen LogP contribution in [0.2, 0.25) is 0 Å². The lowest BCUT2D eigenvalue weighted by Crippen LogP contribution is -2.38. The first kappa shape index (κ1) is 8.90. The fraction of sp³-hybridized carbons (Fsp3) is 0.625. The molecule has 5 heteroatoms. The Hall–Kier alpha value is -0.680. The van der Waals surface area contributed by atoms with Gasteiger partial charge in [-0.3, -0.25) is 4.79 Å². The lowest BCUT2D eigenvalue weighted by molar-refractivity contribution is 0.364. The van der Waals surface area contributed by atoms with Crippen molar-refractivity contribution in [1.82, 2.24) is 10.5 Å². The quantitative estimate of drug-likeness (QED) is 0.717. The highest BCUT2D eigenvalue weighted by atomic mass is 32.2. The van der Waals surface area contributed by atoms with Crippen LogP contribution < -0.4 is 10.9 Å². The second-order valence-corrected chi connectivity index (χ2v) is 4.26. The van der Waals surface area contributed by atoms with Crippen LogP contribution in [0.5, 0.6) is 0 Å². The van der Waals surface area contributed by atoms with Crippen LogP contribution >= 0.6 is 11.8 Å². The number of rotatable bonds is 2. The molecule has 1 saturated heterocycles. The molecule has 72 valence electrons. The van der Waals surface area contributed by atoms with Gasteiger partial charge in [0.05, 0.1) is 0 Å². The number of hydrogen-bond donors (Lipinski definition) is 2. The van der Waals surface area contributed by atoms with Crippen molar-refractivity contribution in [2.24, 2.45) is 0 Å². The summed E-state index contributed by atoms with van der Waals surface area (Å²) in [5.41, 5.74) is -0.154. The van der Waals surface area contributed by atoms with Gasteiger partial charge in [0.1, 0.15) is 5.76 Å². The molecule has 2 rings (SSSR count). The minimum atomic E-state index is -0.154. The van der Waals surface area contributed by atoms with Crippen LogP contribution in [-0.4, -0.2) is 29.2 Å². The zero-order valence-corrected chi connectivity index (χ0v) is 8.02. The molecule has 0 aliphatic carbocycles. The molecule has 1 aliphatic heterocycles. The van der Waals surface area contributed by atoms with Crippen molar-refractivity contribution in [3.63, 3.8) is 0 Å². The Morgan fingerprint density at radius 2 is 2.62 bits per heavy atom. The lowest BCUT2D eigenvalue weighted by atomic mass is 10.2. The molecular formula is C8H12N2O2S. The third-order valence-electron chi connectivity index (χ3n) is 2.02. The van der Waals surface area contributed by atoms with Gasteiger partial charge in [0.15, 0.2) is 0 Å². The first-order valence-corrected chi connectivity index (χ1v) is 5.48. The van der Waals surface area contributed by atoms with Gasteiger partial charge in [-0.25, -0.2) is 0 Å². The predicted octanol–water partition coefficient (Wildman–Crippen LogP) is 0.215. The Kier molecular flexibility index (Phi) is 2.75. The number of hydrogen-bond acceptors (Lipinski definition) is 4. The molecule has 0 bridgehead atoms. The molecule has 13 heavy (non-hydrogen) atoms. The molecular weight excluding hydrogens is 188 g/mol. The Balaban J connectivity index is 1.93. The molecule has 0 aromatic carbocycles. The maximum absolute atomic E-state index is 10.8. The van der Waals surface area contributed by atoms with Crippen LogP contribution in [0.25, 0.3) is 0 Å². The summed E-state index contributed by atoms with van der Waals surface area (Å²) in [5, 5.41) is 5.67. The molecule has 0 saturated carbocycles. The van der Waals surface area contributed by atoms with Crippen LogP contribution in [0, 0.1) is 0 Å². The van der Waals surface area contributed by atoms with Crippen molar-refractivity contribution < 1.29 is 4.52 Å². The van der Waals surface area contributed by atoms with Crippen molar-refractivity contribution in [1.29, 1.82) is 0 Å². The molecule has 1 fully saturated rings. The zero-order valence-electron chi connectivity index (χ0n) is 7.21. The lowest BCUT2D eigenvalue weighted by Gasteiger charge is -2.21. The van der Waals surface area contributed by atoms with E-state index in [-0.39, 0.29) is 5.56 Å². The Morgan fingerprint density at radius 3 is 3.23 bits per heavy atom. The Bertz CT molecular complexity index is 314. The molecule has 0 spiro atoms. The monoisotopic (exact) mass is 200 g/mol. The maximum Gasteiger partial charge on any atom is 0.280 e. The third-order valence-corrected chi connectivity index (χ3v) is 3.15. The van der Waals surface area contributed by atoms with Crippen molar-refractivity contribution in [2.45, 2.75) is 12.5 Å². The summed E-state index contributed by atoms with van der Waals surface area (Å²) in [4.78, 5) is 10.8. The van der Waals surface area contributed by atoms with E-state index >= 15 is 0 Å². The number of H-pyrrole nitrogens is 1. The average molecular weight is 200 g/mol. The molecule has 0 radical (unpaired) electrons. The normalized spacial score (nSPS) is 23.2. The second kappa shape index (κ2) is 4.02. The summed E-state index contributed by atoms with van der Waals surface area (Å²) in [6.07, 6.45) is 0.797. The summed E-state index contributed by atoms with van der Waals surface area (Å²) in [7, 11) is 0. The van der Waals surface area contributed by atoms with E-state index in [1.807, 2.05) is 11.8 Å². The van der Waals surface area contributed by atoms with Crippen LogP contribution in [0.4, 0.5) is 0 Å². The van der Waals surface area contributed by atoms with Gasteiger partial charge in [-0.15, -0.1) is 0 Å². The molecule has 2 heterocycles. The van der Waals surface area contributed by atoms with E-state index in [0.717, 1.165) is 24.5 Å². The third kappa shape index (κ3) is 2.38. The van der Waals surface area contributed by atoms with Gasteiger partial charge in [0.2, 0.25) is 0 Å². The van der Waals surface area contributed by atoms with Gasteiger partial charge in [-0.05, 0) is 0 Å². The number of thioether (sulfide) groups is 1. The zero-order chi connectivity index (χ0) is 9.10. The minimum absolute atomic E-state index is 0.154. The molecule has 1 atom stereocenters. The maximum atomic E-state index is 10.8. The summed E-state index contributed by atoms with van der Waals surface area (Å²) < 4.78 is 4.98. The van der Waals surface area contributed by atoms with Gasteiger partial charge in [-0.1, -0.05) is 0 Å². The average Bonchev–Trinajstić information content (AvgIpc) is 2.53. The molecule has 4 nitrogen and oxygen atoms in total. The highest BCUT2D eigenvalue weighted by Gasteiger charge is 2.15. The van der Waals surface area contributed by atoms with E-state index in [1.54, 1.807) is 0 Å². The van der Waals surface area contributed by atoms with Crippen LogP contribution in [-0.2, 0) is 6.42 Å². The standard InChI is InChI=1S/C8H12N2O2S/c11-8-4-7(12-10-8)3-6-5-13-2-1-9-6/h4,6,9H,1-3,5H2,(H,10,11). The molecule has 1 aliphatic rings. The number of aromatic nitrogens is 1. The van der Waals surface area contributed by atoms with Gasteiger partial charge in [0, 0.05) is 36.6 Å². The van der Waals surface area contributed by atoms with E-state index in [2.05, 4.69) is 10.5 Å². The van der Waals surface area contributed by atoms with E-state index < -0.39 is 0 Å². The molecule has 1 aromatic rings. The van der Waals surface area contributed by atoms with Crippen molar-refractivity contribution in [2.75, 3.05) is 18.1 Å². The number of aromatic amines is 1. The van der Waals surface area contributed by atoms with E-state index in [4.69, 9.17) is 4.52 Å². The highest BCUT2D eigenvalue weighted by molar-refractivity contribution is 7.99. The predicted molar refractivity (Wildman–Crippen MR) is 52.1 cm³/mol. The molecule has 2 N–H and O–H groups in total. The van der Waals surface area contributed by atoms with Crippen molar-refractivity contribution >= 4 is 11.8 Å². The minimum Gasteiger partial charge on any atom is -0.383 e. The molecule has 1 unspecified atom stereocenters.